The van der Waals surface area contributed by atoms with Crippen molar-refractivity contribution in [2.45, 2.75) is 18.4 Å². The molecule has 0 unspecified atom stereocenters. The lowest BCUT2D eigenvalue weighted by molar-refractivity contribution is -0.137. The summed E-state index contributed by atoms with van der Waals surface area (Å²) in [5.74, 6) is -0.415. The van der Waals surface area contributed by atoms with E-state index in [9.17, 15) is 14.7 Å². The lowest BCUT2D eigenvalue weighted by Gasteiger charge is -2.21. The molecule has 0 fully saturated rings. The van der Waals surface area contributed by atoms with E-state index < -0.39 is 18.1 Å². The highest BCUT2D eigenvalue weighted by Crippen LogP contribution is 2.44. The summed E-state index contributed by atoms with van der Waals surface area (Å²) < 4.78 is 11.1. The van der Waals surface area contributed by atoms with Crippen LogP contribution < -0.4 is 10.1 Å². The number of methoxy groups -OCH3 is 1. The van der Waals surface area contributed by atoms with E-state index in [1.165, 1.54) is 0 Å². The first-order valence-electron chi connectivity index (χ1n) is 11.5. The Morgan fingerprint density at radius 2 is 1.46 bits per heavy atom. The Labute approximate surface area is 203 Å². The third-order valence-electron chi connectivity index (χ3n) is 6.53. The number of nitrogens with one attached hydrogen (secondary N) is 1. The third-order valence-corrected chi connectivity index (χ3v) is 6.53. The summed E-state index contributed by atoms with van der Waals surface area (Å²) in [5.41, 5.74) is 5.21. The highest BCUT2D eigenvalue weighted by atomic mass is 16.5. The minimum Gasteiger partial charge on any atom is -0.496 e. The highest BCUT2D eigenvalue weighted by molar-refractivity contribution is 5.92. The lowest BCUT2D eigenvalue weighted by Crippen LogP contribution is -2.31. The van der Waals surface area contributed by atoms with Crippen molar-refractivity contribution in [1.29, 1.82) is 0 Å². The minimum atomic E-state index is -1.02. The largest absolute Gasteiger partial charge is 0.496 e. The first-order chi connectivity index (χ1) is 17.1. The molecule has 176 valence electrons. The van der Waals surface area contributed by atoms with Gasteiger partial charge in [-0.05, 0) is 39.3 Å². The molecule has 1 aliphatic rings. The number of aliphatic carboxylic acids is 1. The van der Waals surface area contributed by atoms with E-state index in [-0.39, 0.29) is 18.9 Å². The number of carboxylic acid groups (broad SMARTS) is 1. The fraction of sp³-hybridized carbons (Fsp3) is 0.172. The van der Waals surface area contributed by atoms with Crippen LogP contribution in [0.25, 0.3) is 21.9 Å². The Balaban J connectivity index is 1.38. The Bertz CT molecular complexity index is 1370. The lowest BCUT2D eigenvalue weighted by atomic mass is 9.96. The van der Waals surface area contributed by atoms with Gasteiger partial charge in [0.1, 0.15) is 12.4 Å². The molecule has 0 saturated heterocycles. The van der Waals surface area contributed by atoms with Gasteiger partial charge in [-0.1, -0.05) is 78.9 Å². The normalized spacial score (nSPS) is 13.1. The van der Waals surface area contributed by atoms with Crippen LogP contribution in [0, 0.1) is 0 Å². The summed E-state index contributed by atoms with van der Waals surface area (Å²) in [6, 6.07) is 26.6. The maximum atomic E-state index is 12.9. The van der Waals surface area contributed by atoms with Crippen molar-refractivity contribution in [3.8, 4) is 16.9 Å². The fourth-order valence-corrected chi connectivity index (χ4v) is 4.97. The van der Waals surface area contributed by atoms with Crippen LogP contribution in [0.15, 0.2) is 84.9 Å². The molecule has 1 aliphatic carbocycles. The molecule has 2 N–H and O–H groups in total. The number of ether oxygens (including phenoxy) is 2. The topological polar surface area (TPSA) is 84.9 Å². The standard InChI is InChI=1S/C29H25NO5/c1-34-27-15-14-23(22-12-6-7-13-24(22)27)26(16-28(31)32)30-29(33)35-17-25-20-10-4-2-8-18(20)19-9-3-5-11-21(19)25/h2-15,25-26H,16-17H2,1H3,(H,30,33)(H,31,32)/t26-/m1/s1. The Kier molecular flexibility index (Phi) is 6.10. The Hall–Kier alpha value is -4.32. The van der Waals surface area contributed by atoms with E-state index >= 15 is 0 Å². The Morgan fingerprint density at radius 1 is 0.857 bits per heavy atom. The number of carboxylic acids is 1. The minimum absolute atomic E-state index is 0.0760. The average molecular weight is 468 g/mol. The molecule has 0 spiro atoms. The molecule has 5 rings (SSSR count). The molecule has 4 aromatic rings. The van der Waals surface area contributed by atoms with Crippen LogP contribution in [0.2, 0.25) is 0 Å². The first-order valence-corrected chi connectivity index (χ1v) is 11.5. The van der Waals surface area contributed by atoms with Crippen LogP contribution in [-0.2, 0) is 9.53 Å². The van der Waals surface area contributed by atoms with Crippen LogP contribution in [0.3, 0.4) is 0 Å². The number of carbonyl (C=O) groups is 2. The number of hydrogen-bond acceptors (Lipinski definition) is 4. The van der Waals surface area contributed by atoms with Crippen LogP contribution in [0.4, 0.5) is 4.79 Å². The predicted molar refractivity (Wildman–Crippen MR) is 134 cm³/mol. The molecular weight excluding hydrogens is 442 g/mol. The quantitative estimate of drug-likeness (QED) is 0.353. The summed E-state index contributed by atoms with van der Waals surface area (Å²) >= 11 is 0. The second kappa shape index (κ2) is 9.50. The highest BCUT2D eigenvalue weighted by Gasteiger charge is 2.29. The zero-order chi connectivity index (χ0) is 24.4. The summed E-state index contributed by atoms with van der Waals surface area (Å²) in [7, 11) is 1.59. The van der Waals surface area contributed by atoms with Gasteiger partial charge in [0.05, 0.1) is 19.6 Å². The molecule has 0 heterocycles. The van der Waals surface area contributed by atoms with Crippen molar-refractivity contribution in [2.24, 2.45) is 0 Å². The van der Waals surface area contributed by atoms with E-state index in [0.29, 0.717) is 11.3 Å². The van der Waals surface area contributed by atoms with Gasteiger partial charge < -0.3 is 19.9 Å². The van der Waals surface area contributed by atoms with Crippen molar-refractivity contribution < 1.29 is 24.2 Å². The van der Waals surface area contributed by atoms with E-state index in [0.717, 1.165) is 33.0 Å². The van der Waals surface area contributed by atoms with E-state index in [4.69, 9.17) is 9.47 Å². The monoisotopic (exact) mass is 467 g/mol. The van der Waals surface area contributed by atoms with Crippen molar-refractivity contribution in [3.05, 3.63) is 102 Å². The van der Waals surface area contributed by atoms with Gasteiger partial charge in [-0.3, -0.25) is 4.79 Å². The number of alkyl carbamates (subject to hydrolysis) is 1. The van der Waals surface area contributed by atoms with Crippen molar-refractivity contribution in [3.63, 3.8) is 0 Å². The summed E-state index contributed by atoms with van der Waals surface area (Å²) in [6.07, 6.45) is -0.932. The van der Waals surface area contributed by atoms with Crippen LogP contribution >= 0.6 is 0 Å². The number of rotatable bonds is 7. The SMILES string of the molecule is COc1ccc([C@@H](CC(=O)O)NC(=O)OCC2c3ccccc3-c3ccccc32)c2ccccc12. The Morgan fingerprint density at radius 3 is 2.09 bits per heavy atom. The smallest absolute Gasteiger partial charge is 0.407 e. The predicted octanol–water partition coefficient (Wildman–Crippen LogP) is 5.90. The third kappa shape index (κ3) is 4.30. The maximum Gasteiger partial charge on any atom is 0.407 e. The molecule has 0 aliphatic heterocycles. The first kappa shape index (κ1) is 22.5. The van der Waals surface area contributed by atoms with Gasteiger partial charge in [-0.15, -0.1) is 0 Å². The van der Waals surface area contributed by atoms with Gasteiger partial charge in [0.2, 0.25) is 0 Å². The van der Waals surface area contributed by atoms with Gasteiger partial charge in [-0.2, -0.15) is 0 Å². The maximum absolute atomic E-state index is 12.9. The second-order valence-corrected chi connectivity index (χ2v) is 8.52. The number of fused-ring (bicyclic) bond motifs is 4. The molecule has 1 amide bonds. The van der Waals surface area contributed by atoms with Gasteiger partial charge in [-0.25, -0.2) is 4.79 Å². The van der Waals surface area contributed by atoms with E-state index in [1.807, 2.05) is 48.5 Å². The average Bonchev–Trinajstić information content (AvgIpc) is 3.20. The number of hydrogen-bond donors (Lipinski definition) is 2. The molecular formula is C29H25NO5. The molecule has 1 atom stereocenters. The summed E-state index contributed by atoms with van der Waals surface area (Å²) in [5, 5.41) is 14.0. The van der Waals surface area contributed by atoms with Crippen molar-refractivity contribution in [1.82, 2.24) is 5.32 Å². The second-order valence-electron chi connectivity index (χ2n) is 8.52. The van der Waals surface area contributed by atoms with E-state index in [1.54, 1.807) is 19.2 Å². The molecule has 0 aromatic heterocycles. The summed E-state index contributed by atoms with van der Waals surface area (Å²) in [4.78, 5) is 24.5. The van der Waals surface area contributed by atoms with E-state index in [2.05, 4.69) is 29.6 Å². The van der Waals surface area contributed by atoms with Crippen molar-refractivity contribution in [2.75, 3.05) is 13.7 Å². The number of carbonyl (C=O) groups excluding carboxylic acids is 1. The molecule has 6 nitrogen and oxygen atoms in total. The molecule has 0 saturated carbocycles. The van der Waals surface area contributed by atoms with Crippen LogP contribution in [0.1, 0.15) is 35.1 Å². The molecule has 35 heavy (non-hydrogen) atoms. The van der Waals surface area contributed by atoms with Crippen LogP contribution in [-0.4, -0.2) is 30.9 Å². The van der Waals surface area contributed by atoms with Crippen molar-refractivity contribution >= 4 is 22.8 Å². The number of amides is 1. The summed E-state index contributed by atoms with van der Waals surface area (Å²) in [6.45, 7) is 0.156. The zero-order valence-electron chi connectivity index (χ0n) is 19.2. The molecule has 6 heteroatoms. The molecule has 0 bridgehead atoms. The molecule has 4 aromatic carbocycles. The van der Waals surface area contributed by atoms with Gasteiger partial charge in [0, 0.05) is 11.3 Å². The molecule has 0 radical (unpaired) electrons. The van der Waals surface area contributed by atoms with Gasteiger partial charge in [0.25, 0.3) is 0 Å². The number of benzene rings is 4. The van der Waals surface area contributed by atoms with Gasteiger partial charge >= 0.3 is 12.1 Å². The van der Waals surface area contributed by atoms with Crippen LogP contribution in [0.5, 0.6) is 5.75 Å². The zero-order valence-corrected chi connectivity index (χ0v) is 19.2. The van der Waals surface area contributed by atoms with Gasteiger partial charge in [0.15, 0.2) is 0 Å². The fourth-order valence-electron chi connectivity index (χ4n) is 4.97.